The number of carboxylic acid groups (broad SMARTS) is 1. The molecule has 3 aromatic rings. The zero-order valence-electron chi connectivity index (χ0n) is 21.6. The molecule has 3 aromatic heterocycles. The number of hydrogen-bond donors (Lipinski definition) is 4. The average Bonchev–Trinajstić information content (AvgIpc) is 3.56. The van der Waals surface area contributed by atoms with E-state index < -0.39 is 29.2 Å². The second-order valence-electron chi connectivity index (χ2n) is 8.82. The Balaban J connectivity index is 1.36. The minimum absolute atomic E-state index is 0.0265. The van der Waals surface area contributed by atoms with Crippen molar-refractivity contribution in [3.8, 4) is 0 Å². The maximum absolute atomic E-state index is 13.2. The Hall–Kier alpha value is -4.09. The van der Waals surface area contributed by atoms with Gasteiger partial charge in [0.05, 0.1) is 6.20 Å². The average molecular weight is 588 g/mol. The number of fused-ring (bicyclic) bond motifs is 2. The van der Waals surface area contributed by atoms with Crippen LogP contribution in [0.4, 0.5) is 5.13 Å². The molecule has 210 valence electrons. The molecular weight excluding hydrogens is 560 g/mol. The van der Waals surface area contributed by atoms with Crippen LogP contribution >= 0.6 is 23.3 Å². The molecule has 2 aliphatic rings. The van der Waals surface area contributed by atoms with E-state index in [1.165, 1.54) is 16.7 Å². The maximum Gasteiger partial charge on any atom is 0.352 e. The van der Waals surface area contributed by atoms with Gasteiger partial charge in [0.15, 0.2) is 5.13 Å². The van der Waals surface area contributed by atoms with Gasteiger partial charge >= 0.3 is 11.6 Å². The third-order valence-corrected chi connectivity index (χ3v) is 8.19. The van der Waals surface area contributed by atoms with Crippen molar-refractivity contribution in [1.82, 2.24) is 34.4 Å². The van der Waals surface area contributed by atoms with E-state index in [4.69, 9.17) is 10.6 Å². The van der Waals surface area contributed by atoms with Crippen molar-refractivity contribution in [2.24, 2.45) is 5.16 Å². The topological polar surface area (TPSA) is 194 Å². The van der Waals surface area contributed by atoms with Crippen LogP contribution in [0.1, 0.15) is 12.7 Å². The van der Waals surface area contributed by atoms with Crippen molar-refractivity contribution in [3.05, 3.63) is 41.8 Å². The van der Waals surface area contributed by atoms with E-state index in [2.05, 4.69) is 30.1 Å². The van der Waals surface area contributed by atoms with Crippen LogP contribution in [0.3, 0.4) is 0 Å². The highest BCUT2D eigenvalue weighted by molar-refractivity contribution is 8.00. The number of nitrogens with two attached hydrogens (primary N) is 1. The van der Waals surface area contributed by atoms with Gasteiger partial charge in [0.25, 0.3) is 11.8 Å². The van der Waals surface area contributed by atoms with Crippen LogP contribution in [0.15, 0.2) is 41.1 Å². The molecule has 2 unspecified atom stereocenters. The first-order chi connectivity index (χ1) is 19.3. The molecule has 0 saturated carbocycles. The predicted molar refractivity (Wildman–Crippen MR) is 146 cm³/mol. The number of carbonyl (C=O) groups is 3. The number of pyridine rings is 1. The fraction of sp³-hybridized carbons (Fsp3) is 0.391. The fourth-order valence-corrected chi connectivity index (χ4v) is 6.25. The van der Waals surface area contributed by atoms with Crippen LogP contribution in [-0.4, -0.2) is 89.8 Å². The molecule has 1 fully saturated rings. The number of anilines is 1. The number of imidazole rings is 1. The van der Waals surface area contributed by atoms with E-state index in [0.29, 0.717) is 17.0 Å². The predicted octanol–water partition coefficient (Wildman–Crippen LogP) is -0.844. The molecule has 5 heterocycles. The zero-order valence-corrected chi connectivity index (χ0v) is 23.2. The van der Waals surface area contributed by atoms with E-state index >= 15 is 0 Å². The Kier molecular flexibility index (Phi) is 7.95. The van der Waals surface area contributed by atoms with Crippen molar-refractivity contribution in [2.75, 3.05) is 31.7 Å². The molecule has 0 aromatic carbocycles. The lowest BCUT2D eigenvalue weighted by molar-refractivity contribution is -0.664. The Morgan fingerprint density at radius 3 is 2.92 bits per heavy atom. The number of thioether (sulfide) groups is 1. The first-order valence-corrected chi connectivity index (χ1v) is 14.1. The Morgan fingerprint density at radius 2 is 2.23 bits per heavy atom. The number of carboxylic acids is 1. The molecule has 0 aliphatic carbocycles. The van der Waals surface area contributed by atoms with Crippen LogP contribution in [0.25, 0.3) is 11.2 Å². The van der Waals surface area contributed by atoms with E-state index in [0.717, 1.165) is 30.1 Å². The van der Waals surface area contributed by atoms with Gasteiger partial charge in [-0.05, 0) is 31.1 Å². The van der Waals surface area contributed by atoms with Gasteiger partial charge in [-0.15, -0.1) is 11.8 Å². The van der Waals surface area contributed by atoms with Crippen LogP contribution in [0.2, 0.25) is 0 Å². The number of carbonyl (C=O) groups excluding carboxylic acids is 2. The molecule has 40 heavy (non-hydrogen) atoms. The standard InChI is InChI=1S/C23H26N10O5S2/c1-3-38-29-14(17-28-23(24)40-30-17)19(34)27-15-20(35)33-16(22(36)37)12(10-39-21(15)33)9-31-7-4-5-13-18(31)26-11-32(13)8-6-25-2/h4-5,7,11,15,21,25H,3,6,8-10H2,1-2H3,(H3-,24,27,28,30,34,36,37)/p+1/b29-14-. The number of aliphatic carboxylic acids is 1. The number of hydrogen-bond acceptors (Lipinski definition) is 12. The molecule has 0 spiro atoms. The van der Waals surface area contributed by atoms with Gasteiger partial charge in [-0.25, -0.2) is 9.36 Å². The highest BCUT2D eigenvalue weighted by Gasteiger charge is 2.54. The third kappa shape index (κ3) is 5.09. The minimum Gasteiger partial charge on any atom is -0.477 e. The second kappa shape index (κ2) is 11.6. The summed E-state index contributed by atoms with van der Waals surface area (Å²) in [5, 5.41) is 19.2. The van der Waals surface area contributed by atoms with Gasteiger partial charge in [0, 0.05) is 35.9 Å². The van der Waals surface area contributed by atoms with Crippen molar-refractivity contribution >= 4 is 63.1 Å². The summed E-state index contributed by atoms with van der Waals surface area (Å²) in [7, 11) is 1.88. The minimum atomic E-state index is -1.22. The molecular formula is C23H27N10O5S2+. The first-order valence-electron chi connectivity index (χ1n) is 12.3. The molecule has 1 saturated heterocycles. The number of oxime groups is 1. The van der Waals surface area contributed by atoms with E-state index in [1.807, 2.05) is 34.5 Å². The number of amides is 2. The van der Waals surface area contributed by atoms with Gasteiger partial charge in [0.1, 0.15) is 35.8 Å². The van der Waals surface area contributed by atoms with E-state index in [9.17, 15) is 19.5 Å². The highest BCUT2D eigenvalue weighted by atomic mass is 32.2. The SMILES string of the molecule is CCO/N=C(\C(=O)NC1C(=O)N2C(C(=O)O)=C(C[n+]3cccc4c3ncn4CCNC)CSC12)c1nsc(N)n1. The second-order valence-corrected chi connectivity index (χ2v) is 10.7. The molecule has 5 rings (SSSR count). The highest BCUT2D eigenvalue weighted by Crippen LogP contribution is 2.40. The number of β-lactam (4-membered cyclic amide) rings is 1. The van der Waals surface area contributed by atoms with Gasteiger partial charge < -0.3 is 30.9 Å². The van der Waals surface area contributed by atoms with Crippen molar-refractivity contribution in [2.45, 2.75) is 31.4 Å². The molecule has 0 radical (unpaired) electrons. The van der Waals surface area contributed by atoms with Gasteiger partial charge in [0.2, 0.25) is 17.9 Å². The van der Waals surface area contributed by atoms with Crippen LogP contribution in [-0.2, 0) is 32.3 Å². The summed E-state index contributed by atoms with van der Waals surface area (Å²) >= 11 is 2.26. The molecule has 15 nitrogen and oxygen atoms in total. The maximum atomic E-state index is 13.2. The molecule has 5 N–H and O–H groups in total. The summed E-state index contributed by atoms with van der Waals surface area (Å²) in [6.45, 7) is 3.64. The molecule has 0 bridgehead atoms. The van der Waals surface area contributed by atoms with Gasteiger partial charge in [-0.2, -0.15) is 9.36 Å². The lowest BCUT2D eigenvalue weighted by Crippen LogP contribution is -2.71. The number of nitrogens with one attached hydrogen (secondary N) is 2. The summed E-state index contributed by atoms with van der Waals surface area (Å²) in [6, 6.07) is 2.87. The number of nitrogens with zero attached hydrogens (tertiary/aromatic N) is 7. The third-order valence-electron chi connectivity index (χ3n) is 6.30. The van der Waals surface area contributed by atoms with Crippen LogP contribution in [0.5, 0.6) is 0 Å². The summed E-state index contributed by atoms with van der Waals surface area (Å²) < 4.78 is 7.89. The van der Waals surface area contributed by atoms with Crippen molar-refractivity contribution in [1.29, 1.82) is 0 Å². The lowest BCUT2D eigenvalue weighted by atomic mass is 10.0. The van der Waals surface area contributed by atoms with Crippen LogP contribution in [0, 0.1) is 0 Å². The Labute approximate surface area is 236 Å². The fourth-order valence-electron chi connectivity index (χ4n) is 4.48. The van der Waals surface area contributed by atoms with Crippen molar-refractivity contribution < 1.29 is 28.9 Å². The lowest BCUT2D eigenvalue weighted by Gasteiger charge is -2.49. The number of rotatable bonds is 11. The molecule has 2 atom stereocenters. The Morgan fingerprint density at radius 1 is 1.40 bits per heavy atom. The number of likely N-dealkylation sites (N-methyl/N-ethyl adjacent to an activating group) is 1. The largest absolute Gasteiger partial charge is 0.477 e. The zero-order chi connectivity index (χ0) is 28.4. The smallest absolute Gasteiger partial charge is 0.352 e. The Bertz CT molecular complexity index is 1530. The first kappa shape index (κ1) is 27.5. The van der Waals surface area contributed by atoms with E-state index in [-0.39, 0.29) is 35.5 Å². The normalized spacial score (nSPS) is 19.0. The molecule has 2 aliphatic heterocycles. The van der Waals surface area contributed by atoms with Crippen molar-refractivity contribution in [3.63, 3.8) is 0 Å². The quantitative estimate of drug-likeness (QED) is 0.0945. The molecule has 17 heteroatoms. The summed E-state index contributed by atoms with van der Waals surface area (Å²) in [5.41, 5.74) is 7.52. The van der Waals surface area contributed by atoms with E-state index in [1.54, 1.807) is 13.3 Å². The van der Waals surface area contributed by atoms with Gasteiger partial charge in [-0.3, -0.25) is 14.5 Å². The van der Waals surface area contributed by atoms with Crippen LogP contribution < -0.4 is 20.9 Å². The number of aromatic nitrogens is 5. The molecule has 2 amide bonds. The van der Waals surface area contributed by atoms with Gasteiger partial charge in [-0.1, -0.05) is 5.16 Å². The summed E-state index contributed by atoms with van der Waals surface area (Å²) in [5.74, 6) is -2.17. The number of nitrogen functional groups attached to an aromatic ring is 1. The summed E-state index contributed by atoms with van der Waals surface area (Å²) in [4.78, 5) is 53.4. The monoisotopic (exact) mass is 587 g/mol. The summed E-state index contributed by atoms with van der Waals surface area (Å²) in [6.07, 6.45) is 3.59.